The highest BCUT2D eigenvalue weighted by Crippen LogP contribution is 2.35. The molecule has 1 aliphatic heterocycles. The average molecular weight is 321 g/mol. The van der Waals surface area contributed by atoms with Crippen LogP contribution in [0.2, 0.25) is 0 Å². The molecule has 5 heteroatoms. The summed E-state index contributed by atoms with van der Waals surface area (Å²) in [6.07, 6.45) is 4.14. The zero-order valence-electron chi connectivity index (χ0n) is 14.5. The van der Waals surface area contributed by atoms with Gasteiger partial charge in [-0.05, 0) is 38.3 Å². The molecule has 1 aromatic carbocycles. The number of anilines is 1. The average Bonchev–Trinajstić information content (AvgIpc) is 3.02. The number of benzene rings is 1. The van der Waals surface area contributed by atoms with Gasteiger partial charge >= 0.3 is 0 Å². The molecule has 1 fully saturated rings. The van der Waals surface area contributed by atoms with Crippen LogP contribution in [-0.2, 0) is 7.05 Å². The SMILES string of the molecule is Cc1nc2ccccc2c(N2CCC[C@@H](c3nncn3C)C2)c1C. The van der Waals surface area contributed by atoms with E-state index in [1.165, 1.54) is 29.5 Å². The van der Waals surface area contributed by atoms with Gasteiger partial charge in [0.2, 0.25) is 0 Å². The summed E-state index contributed by atoms with van der Waals surface area (Å²) in [7, 11) is 2.03. The molecular weight excluding hydrogens is 298 g/mol. The van der Waals surface area contributed by atoms with Crippen LogP contribution in [0.25, 0.3) is 10.9 Å². The van der Waals surface area contributed by atoms with Gasteiger partial charge in [-0.2, -0.15) is 0 Å². The van der Waals surface area contributed by atoms with Gasteiger partial charge in [0.05, 0.1) is 11.2 Å². The van der Waals surface area contributed by atoms with Gasteiger partial charge in [-0.1, -0.05) is 18.2 Å². The molecule has 0 amide bonds. The smallest absolute Gasteiger partial charge is 0.137 e. The van der Waals surface area contributed by atoms with E-state index in [-0.39, 0.29) is 0 Å². The first-order chi connectivity index (χ1) is 11.6. The zero-order chi connectivity index (χ0) is 16.7. The zero-order valence-corrected chi connectivity index (χ0v) is 14.5. The van der Waals surface area contributed by atoms with Crippen molar-refractivity contribution in [3.8, 4) is 0 Å². The van der Waals surface area contributed by atoms with E-state index in [1.807, 2.05) is 7.05 Å². The summed E-state index contributed by atoms with van der Waals surface area (Å²) in [4.78, 5) is 7.28. The van der Waals surface area contributed by atoms with E-state index in [9.17, 15) is 0 Å². The third-order valence-corrected chi connectivity index (χ3v) is 5.19. The Bertz CT molecular complexity index is 883. The van der Waals surface area contributed by atoms with Crippen LogP contribution >= 0.6 is 0 Å². The summed E-state index contributed by atoms with van der Waals surface area (Å²) in [5, 5.41) is 9.65. The minimum absolute atomic E-state index is 0.429. The van der Waals surface area contributed by atoms with Crippen LogP contribution in [0.5, 0.6) is 0 Å². The molecule has 0 N–H and O–H groups in total. The fourth-order valence-corrected chi connectivity index (χ4v) is 3.87. The molecule has 1 aliphatic rings. The van der Waals surface area contributed by atoms with Crippen molar-refractivity contribution in [2.75, 3.05) is 18.0 Å². The van der Waals surface area contributed by atoms with Gasteiger partial charge in [0.15, 0.2) is 0 Å². The van der Waals surface area contributed by atoms with Gasteiger partial charge in [-0.3, -0.25) is 4.98 Å². The lowest BCUT2D eigenvalue weighted by Crippen LogP contribution is -2.36. The van der Waals surface area contributed by atoms with Crippen molar-refractivity contribution in [1.82, 2.24) is 19.7 Å². The first-order valence-corrected chi connectivity index (χ1v) is 8.60. The predicted octanol–water partition coefficient (Wildman–Crippen LogP) is 3.36. The van der Waals surface area contributed by atoms with Gasteiger partial charge in [-0.15, -0.1) is 10.2 Å². The predicted molar refractivity (Wildman–Crippen MR) is 96.4 cm³/mol. The van der Waals surface area contributed by atoms with E-state index in [0.29, 0.717) is 5.92 Å². The number of aryl methyl sites for hydroxylation is 2. The molecule has 0 aliphatic carbocycles. The summed E-state index contributed by atoms with van der Waals surface area (Å²) in [5.41, 5.74) is 4.82. The fourth-order valence-electron chi connectivity index (χ4n) is 3.87. The highest BCUT2D eigenvalue weighted by Gasteiger charge is 2.27. The minimum Gasteiger partial charge on any atom is -0.370 e. The lowest BCUT2D eigenvalue weighted by atomic mass is 9.95. The number of aromatic nitrogens is 4. The van der Waals surface area contributed by atoms with E-state index < -0.39 is 0 Å². The maximum atomic E-state index is 4.76. The first kappa shape index (κ1) is 15.1. The molecule has 2 aromatic heterocycles. The highest BCUT2D eigenvalue weighted by atomic mass is 15.3. The largest absolute Gasteiger partial charge is 0.370 e. The molecule has 3 aromatic rings. The molecule has 0 saturated carbocycles. The summed E-state index contributed by atoms with van der Waals surface area (Å²) >= 11 is 0. The molecule has 3 heterocycles. The number of hydrogen-bond donors (Lipinski definition) is 0. The number of nitrogens with zero attached hydrogens (tertiary/aromatic N) is 5. The summed E-state index contributed by atoms with van der Waals surface area (Å²) in [5.74, 6) is 1.52. The third-order valence-electron chi connectivity index (χ3n) is 5.19. The maximum absolute atomic E-state index is 4.76. The molecule has 0 bridgehead atoms. The number of fused-ring (bicyclic) bond motifs is 1. The second-order valence-corrected chi connectivity index (χ2v) is 6.77. The number of hydrogen-bond acceptors (Lipinski definition) is 4. The van der Waals surface area contributed by atoms with Crippen molar-refractivity contribution >= 4 is 16.6 Å². The van der Waals surface area contributed by atoms with Gasteiger partial charge in [-0.25, -0.2) is 0 Å². The third kappa shape index (κ3) is 2.44. The summed E-state index contributed by atoms with van der Waals surface area (Å²) in [6, 6.07) is 8.46. The van der Waals surface area contributed by atoms with Crippen molar-refractivity contribution in [2.45, 2.75) is 32.6 Å². The van der Waals surface area contributed by atoms with E-state index in [4.69, 9.17) is 4.98 Å². The molecule has 124 valence electrons. The monoisotopic (exact) mass is 321 g/mol. The van der Waals surface area contributed by atoms with E-state index in [1.54, 1.807) is 6.33 Å². The van der Waals surface area contributed by atoms with Gasteiger partial charge in [0.1, 0.15) is 12.2 Å². The number of piperidine rings is 1. The Balaban J connectivity index is 1.77. The molecule has 0 unspecified atom stereocenters. The second-order valence-electron chi connectivity index (χ2n) is 6.77. The molecule has 0 spiro atoms. The lowest BCUT2D eigenvalue weighted by Gasteiger charge is -2.35. The lowest BCUT2D eigenvalue weighted by molar-refractivity contribution is 0.480. The topological polar surface area (TPSA) is 46.8 Å². The summed E-state index contributed by atoms with van der Waals surface area (Å²) in [6.45, 7) is 6.37. The van der Waals surface area contributed by atoms with Crippen LogP contribution in [0, 0.1) is 13.8 Å². The Morgan fingerprint density at radius 3 is 2.79 bits per heavy atom. The number of para-hydroxylation sites is 1. The van der Waals surface area contributed by atoms with Crippen molar-refractivity contribution in [3.05, 3.63) is 47.7 Å². The Labute approximate surface area is 142 Å². The van der Waals surface area contributed by atoms with Crippen LogP contribution in [0.15, 0.2) is 30.6 Å². The minimum atomic E-state index is 0.429. The Kier molecular flexibility index (Phi) is 3.71. The Morgan fingerprint density at radius 2 is 2.00 bits per heavy atom. The maximum Gasteiger partial charge on any atom is 0.137 e. The molecule has 5 nitrogen and oxygen atoms in total. The molecule has 4 rings (SSSR count). The summed E-state index contributed by atoms with van der Waals surface area (Å²) < 4.78 is 2.05. The van der Waals surface area contributed by atoms with E-state index in [2.05, 4.69) is 57.8 Å². The quantitative estimate of drug-likeness (QED) is 0.726. The van der Waals surface area contributed by atoms with Crippen molar-refractivity contribution in [1.29, 1.82) is 0 Å². The van der Waals surface area contributed by atoms with E-state index >= 15 is 0 Å². The van der Waals surface area contributed by atoms with Crippen LogP contribution in [-0.4, -0.2) is 32.8 Å². The molecule has 1 saturated heterocycles. The number of rotatable bonds is 2. The molecular formula is C19H23N5. The van der Waals surface area contributed by atoms with Gasteiger partial charge in [0, 0.05) is 37.1 Å². The standard InChI is InChI=1S/C19H23N5/c1-13-14(2)21-17-9-5-4-8-16(17)18(13)24-10-6-7-15(11-24)19-22-20-12-23(19)3/h4-5,8-9,12,15H,6-7,10-11H2,1-3H3/t15-/m1/s1. The first-order valence-electron chi connectivity index (χ1n) is 8.60. The van der Waals surface area contributed by atoms with Crippen molar-refractivity contribution in [2.24, 2.45) is 7.05 Å². The van der Waals surface area contributed by atoms with Crippen LogP contribution in [0.3, 0.4) is 0 Å². The molecule has 24 heavy (non-hydrogen) atoms. The molecule has 1 atom stereocenters. The Morgan fingerprint density at radius 1 is 1.17 bits per heavy atom. The van der Waals surface area contributed by atoms with Crippen LogP contribution in [0.4, 0.5) is 5.69 Å². The number of pyridine rings is 1. The van der Waals surface area contributed by atoms with E-state index in [0.717, 1.165) is 30.1 Å². The molecule has 0 radical (unpaired) electrons. The second kappa shape index (κ2) is 5.89. The normalized spacial score (nSPS) is 18.3. The van der Waals surface area contributed by atoms with Crippen molar-refractivity contribution in [3.63, 3.8) is 0 Å². The van der Waals surface area contributed by atoms with Crippen molar-refractivity contribution < 1.29 is 0 Å². The van der Waals surface area contributed by atoms with Gasteiger partial charge in [0.25, 0.3) is 0 Å². The fraction of sp³-hybridized carbons (Fsp3) is 0.421. The van der Waals surface area contributed by atoms with Gasteiger partial charge < -0.3 is 9.47 Å². The van der Waals surface area contributed by atoms with Crippen LogP contribution < -0.4 is 4.90 Å². The highest BCUT2D eigenvalue weighted by molar-refractivity contribution is 5.93. The van der Waals surface area contributed by atoms with Crippen LogP contribution in [0.1, 0.15) is 35.8 Å². The Hall–Kier alpha value is -2.43.